The van der Waals surface area contributed by atoms with Crippen LogP contribution in [-0.2, 0) is 38.0 Å². The van der Waals surface area contributed by atoms with Crippen LogP contribution in [0, 0.1) is 0 Å². The van der Waals surface area contributed by atoms with Gasteiger partial charge in [0.15, 0.2) is 25.0 Å². The summed E-state index contributed by atoms with van der Waals surface area (Å²) >= 11 is 0. The van der Waals surface area contributed by atoms with Gasteiger partial charge in [-0.2, -0.15) is 0 Å². The summed E-state index contributed by atoms with van der Waals surface area (Å²) in [6.45, 7) is -0.502. The number of aliphatic hydroxyl groups excluding tert-OH is 10. The summed E-state index contributed by atoms with van der Waals surface area (Å²) < 4.78 is 38.9. The molecule has 3 saturated heterocycles. The Labute approximate surface area is 251 Å². The normalized spacial score (nSPS) is 43.1. The summed E-state index contributed by atoms with van der Waals surface area (Å²) in [6.07, 6.45) is -26.5. The summed E-state index contributed by atoms with van der Waals surface area (Å²) in [5.74, 6) is -1.60. The van der Waals surface area contributed by atoms with E-state index < -0.39 is 137 Å². The molecular weight excluding hydrogens is 604 g/mol. The van der Waals surface area contributed by atoms with Crippen LogP contribution in [0.15, 0.2) is 0 Å². The predicted octanol–water partition coefficient (Wildman–Crippen LogP) is -6.28. The molecule has 258 valence electrons. The number of aliphatic carboxylic acids is 1. The standard InChI is InChI=1S/C25H44O19/c1-8-11(30)3-12(31)23(39-8)43-19-9(2)38-21(22(36)37)20(18(19)35)44-24(40-10(4-26)5-27)14(7-29)42-25-17(34)16(33)15(32)13(6-28)41-25/h8-21,23-35H,3-7H2,1-2H3,(H,36,37). The molecule has 0 bridgehead atoms. The van der Waals surface area contributed by atoms with Gasteiger partial charge in [0, 0.05) is 6.42 Å². The highest BCUT2D eigenvalue weighted by Gasteiger charge is 2.52. The second kappa shape index (κ2) is 16.6. The van der Waals surface area contributed by atoms with Crippen molar-refractivity contribution in [3.63, 3.8) is 0 Å². The Morgan fingerprint density at radius 1 is 0.750 bits per heavy atom. The minimum atomic E-state index is -1.94. The topological polar surface area (TPSA) is 304 Å². The van der Waals surface area contributed by atoms with Crippen LogP contribution in [0.3, 0.4) is 0 Å². The van der Waals surface area contributed by atoms with Gasteiger partial charge < -0.3 is 89.3 Å². The summed E-state index contributed by atoms with van der Waals surface area (Å²) in [4.78, 5) is 12.2. The molecule has 0 amide bonds. The number of rotatable bonds is 14. The van der Waals surface area contributed by atoms with Crippen molar-refractivity contribution >= 4 is 5.97 Å². The molecular formula is C25H44O19. The van der Waals surface area contributed by atoms with Crippen LogP contribution in [0.25, 0.3) is 0 Å². The molecule has 0 aromatic carbocycles. The van der Waals surface area contributed by atoms with Crippen LogP contribution in [0.4, 0.5) is 0 Å². The molecule has 0 aliphatic carbocycles. The van der Waals surface area contributed by atoms with E-state index in [4.69, 9.17) is 33.2 Å². The van der Waals surface area contributed by atoms with E-state index >= 15 is 0 Å². The van der Waals surface area contributed by atoms with Crippen molar-refractivity contribution in [2.75, 3.05) is 26.4 Å². The number of carboxylic acid groups (broad SMARTS) is 1. The molecule has 16 unspecified atom stereocenters. The molecule has 3 heterocycles. The van der Waals surface area contributed by atoms with Crippen molar-refractivity contribution in [2.45, 2.75) is 125 Å². The molecule has 0 spiro atoms. The fraction of sp³-hybridized carbons (Fsp3) is 0.960. The zero-order valence-electron chi connectivity index (χ0n) is 24.0. The van der Waals surface area contributed by atoms with Gasteiger partial charge in [-0.1, -0.05) is 0 Å². The van der Waals surface area contributed by atoms with Gasteiger partial charge in [0.1, 0.15) is 61.0 Å². The van der Waals surface area contributed by atoms with Crippen molar-refractivity contribution < 1.29 is 94.1 Å². The van der Waals surface area contributed by atoms with Gasteiger partial charge in [-0.15, -0.1) is 0 Å². The first kappa shape index (κ1) is 37.2. The van der Waals surface area contributed by atoms with Crippen molar-refractivity contribution in [3.05, 3.63) is 0 Å². The molecule has 0 aromatic rings. The molecule has 0 aromatic heterocycles. The average molecular weight is 649 g/mol. The second-order valence-corrected chi connectivity index (χ2v) is 10.9. The third kappa shape index (κ3) is 8.57. The molecule has 3 aliphatic rings. The Bertz CT molecular complexity index is 876. The Hall–Kier alpha value is -1.21. The first-order valence-electron chi connectivity index (χ1n) is 14.1. The largest absolute Gasteiger partial charge is 0.479 e. The van der Waals surface area contributed by atoms with Crippen LogP contribution in [0.5, 0.6) is 0 Å². The average Bonchev–Trinajstić information content (AvgIpc) is 2.99. The lowest BCUT2D eigenvalue weighted by Crippen LogP contribution is -2.64. The molecule has 19 nitrogen and oxygen atoms in total. The van der Waals surface area contributed by atoms with Crippen LogP contribution in [0.2, 0.25) is 0 Å². The molecule has 3 rings (SSSR count). The third-order valence-corrected chi connectivity index (χ3v) is 7.68. The lowest BCUT2D eigenvalue weighted by molar-refractivity contribution is -0.359. The first-order valence-corrected chi connectivity index (χ1v) is 14.1. The van der Waals surface area contributed by atoms with E-state index in [1.54, 1.807) is 0 Å². The van der Waals surface area contributed by atoms with Crippen LogP contribution < -0.4 is 0 Å². The van der Waals surface area contributed by atoms with Gasteiger partial charge in [0.2, 0.25) is 0 Å². The third-order valence-electron chi connectivity index (χ3n) is 7.68. The van der Waals surface area contributed by atoms with E-state index in [1.165, 1.54) is 13.8 Å². The number of carboxylic acids is 1. The van der Waals surface area contributed by atoms with Gasteiger partial charge in [-0.05, 0) is 13.8 Å². The van der Waals surface area contributed by atoms with Crippen molar-refractivity contribution in [1.29, 1.82) is 0 Å². The predicted molar refractivity (Wildman–Crippen MR) is 137 cm³/mol. The number of aliphatic hydroxyl groups is 10. The molecule has 11 N–H and O–H groups in total. The Balaban J connectivity index is 1.88. The summed E-state index contributed by atoms with van der Waals surface area (Å²) in [5, 5.41) is 111. The smallest absolute Gasteiger partial charge is 0.335 e. The highest BCUT2D eigenvalue weighted by Crippen LogP contribution is 2.32. The minimum Gasteiger partial charge on any atom is -0.479 e. The van der Waals surface area contributed by atoms with E-state index in [0.29, 0.717) is 0 Å². The SMILES string of the molecule is CC1OC(OC2C(C)OC(C(=O)O)C(OC(OC(CO)CO)C(CO)OC3OC(CO)C(O)C(O)C3O)C2O)C(O)CC1O. The Kier molecular flexibility index (Phi) is 14.0. The number of carbonyl (C=O) groups is 1. The van der Waals surface area contributed by atoms with Crippen molar-refractivity contribution in [2.24, 2.45) is 0 Å². The van der Waals surface area contributed by atoms with Gasteiger partial charge in [-0.25, -0.2) is 4.79 Å². The maximum atomic E-state index is 12.2. The fourth-order valence-corrected chi connectivity index (χ4v) is 5.03. The maximum absolute atomic E-state index is 12.2. The quantitative estimate of drug-likeness (QED) is 0.0780. The molecule has 44 heavy (non-hydrogen) atoms. The van der Waals surface area contributed by atoms with Crippen LogP contribution >= 0.6 is 0 Å². The highest BCUT2D eigenvalue weighted by molar-refractivity contribution is 5.73. The van der Waals surface area contributed by atoms with Crippen LogP contribution in [0.1, 0.15) is 20.3 Å². The lowest BCUT2D eigenvalue weighted by Gasteiger charge is -2.46. The summed E-state index contributed by atoms with van der Waals surface area (Å²) in [6, 6.07) is 0. The van der Waals surface area contributed by atoms with Gasteiger partial charge in [0.25, 0.3) is 0 Å². The lowest BCUT2D eigenvalue weighted by atomic mass is 9.94. The van der Waals surface area contributed by atoms with E-state index in [-0.39, 0.29) is 6.42 Å². The van der Waals surface area contributed by atoms with E-state index in [9.17, 15) is 61.0 Å². The Morgan fingerprint density at radius 2 is 1.41 bits per heavy atom. The molecule has 0 saturated carbocycles. The number of hydrogen-bond acceptors (Lipinski definition) is 18. The van der Waals surface area contributed by atoms with Crippen LogP contribution in [-0.4, -0.2) is 193 Å². The Morgan fingerprint density at radius 3 is 1.98 bits per heavy atom. The zero-order valence-corrected chi connectivity index (χ0v) is 24.0. The van der Waals surface area contributed by atoms with Gasteiger partial charge >= 0.3 is 5.97 Å². The van der Waals surface area contributed by atoms with Crippen molar-refractivity contribution in [1.82, 2.24) is 0 Å². The summed E-state index contributed by atoms with van der Waals surface area (Å²) in [5.41, 5.74) is 0. The first-order chi connectivity index (χ1) is 20.8. The molecule has 16 atom stereocenters. The zero-order chi connectivity index (χ0) is 32.9. The second-order valence-electron chi connectivity index (χ2n) is 10.9. The monoisotopic (exact) mass is 648 g/mol. The number of ether oxygens (including phenoxy) is 7. The molecule has 3 fully saturated rings. The van der Waals surface area contributed by atoms with E-state index in [0.717, 1.165) is 0 Å². The minimum absolute atomic E-state index is 0.116. The molecule has 0 radical (unpaired) electrons. The van der Waals surface area contributed by atoms with Gasteiger partial charge in [-0.3, -0.25) is 0 Å². The molecule has 19 heteroatoms. The van der Waals surface area contributed by atoms with Gasteiger partial charge in [0.05, 0.1) is 44.7 Å². The van der Waals surface area contributed by atoms with Crippen molar-refractivity contribution in [3.8, 4) is 0 Å². The summed E-state index contributed by atoms with van der Waals surface area (Å²) in [7, 11) is 0. The maximum Gasteiger partial charge on any atom is 0.335 e. The number of hydrogen-bond donors (Lipinski definition) is 11. The van der Waals surface area contributed by atoms with E-state index in [2.05, 4.69) is 0 Å². The van der Waals surface area contributed by atoms with E-state index in [1.807, 2.05) is 0 Å². The molecule has 3 aliphatic heterocycles. The highest BCUT2D eigenvalue weighted by atomic mass is 16.8. The fourth-order valence-electron chi connectivity index (χ4n) is 5.03.